The Morgan fingerprint density at radius 3 is 2.70 bits per heavy atom. The van der Waals surface area contributed by atoms with E-state index in [1.807, 2.05) is 18.2 Å². The number of halogens is 2. The van der Waals surface area contributed by atoms with Crippen LogP contribution < -0.4 is 15.8 Å². The Balaban J connectivity index is 1.90. The van der Waals surface area contributed by atoms with E-state index >= 15 is 0 Å². The first kappa shape index (κ1) is 13.6. The molecule has 0 bridgehead atoms. The van der Waals surface area contributed by atoms with E-state index in [-0.39, 0.29) is 5.91 Å². The molecule has 3 N–H and O–H groups in total. The van der Waals surface area contributed by atoms with Crippen LogP contribution in [0.2, 0.25) is 0 Å². The van der Waals surface area contributed by atoms with Crippen molar-refractivity contribution in [3.05, 3.63) is 50.9 Å². The molecular weight excluding hydrogens is 388 g/mol. The molecule has 0 aliphatic carbocycles. The molecule has 0 radical (unpaired) electrons. The molecule has 2 aromatic rings. The lowest BCUT2D eigenvalue weighted by molar-refractivity contribution is -0.116. The number of ether oxygens (including phenoxy) is 1. The SMILES string of the molecule is NC1C(=O)Nc2cc(Oc3ccc(Br)cc3Br)ccc21. The van der Waals surface area contributed by atoms with Crippen molar-refractivity contribution in [3.8, 4) is 11.5 Å². The van der Waals surface area contributed by atoms with Crippen molar-refractivity contribution in [1.29, 1.82) is 0 Å². The number of amides is 1. The van der Waals surface area contributed by atoms with Crippen LogP contribution in [0.3, 0.4) is 0 Å². The van der Waals surface area contributed by atoms with Crippen molar-refractivity contribution in [3.63, 3.8) is 0 Å². The first-order valence-corrected chi connectivity index (χ1v) is 7.46. The molecule has 6 heteroatoms. The summed E-state index contributed by atoms with van der Waals surface area (Å²) in [6, 6.07) is 10.4. The molecule has 0 spiro atoms. The van der Waals surface area contributed by atoms with Crippen molar-refractivity contribution < 1.29 is 9.53 Å². The van der Waals surface area contributed by atoms with Gasteiger partial charge in [0.05, 0.1) is 4.47 Å². The molecule has 0 saturated carbocycles. The molecule has 1 atom stereocenters. The van der Waals surface area contributed by atoms with Crippen LogP contribution in [0, 0.1) is 0 Å². The predicted octanol–water partition coefficient (Wildman–Crippen LogP) is 3.96. The van der Waals surface area contributed by atoms with E-state index in [4.69, 9.17) is 10.5 Å². The Bertz CT molecular complexity index is 704. The average molecular weight is 398 g/mol. The number of rotatable bonds is 2. The molecule has 0 aromatic heterocycles. The number of nitrogens with one attached hydrogen (secondary N) is 1. The molecule has 1 aliphatic rings. The van der Waals surface area contributed by atoms with Gasteiger partial charge in [-0.2, -0.15) is 0 Å². The lowest BCUT2D eigenvalue weighted by Gasteiger charge is -2.09. The minimum Gasteiger partial charge on any atom is -0.456 e. The summed E-state index contributed by atoms with van der Waals surface area (Å²) in [5.41, 5.74) is 7.26. The number of carbonyl (C=O) groups excluding carboxylic acids is 1. The molecule has 3 rings (SSSR count). The summed E-state index contributed by atoms with van der Waals surface area (Å²) in [5, 5.41) is 2.73. The van der Waals surface area contributed by atoms with E-state index in [1.165, 1.54) is 0 Å². The molecule has 4 nitrogen and oxygen atoms in total. The number of anilines is 1. The third kappa shape index (κ3) is 2.46. The van der Waals surface area contributed by atoms with Crippen LogP contribution >= 0.6 is 31.9 Å². The maximum Gasteiger partial charge on any atom is 0.245 e. The zero-order chi connectivity index (χ0) is 14.3. The van der Waals surface area contributed by atoms with Crippen molar-refractivity contribution in [2.45, 2.75) is 6.04 Å². The molecule has 1 amide bonds. The number of benzene rings is 2. The first-order chi connectivity index (χ1) is 9.54. The third-order valence-electron chi connectivity index (χ3n) is 3.02. The lowest BCUT2D eigenvalue weighted by Crippen LogP contribution is -2.19. The smallest absolute Gasteiger partial charge is 0.245 e. The lowest BCUT2D eigenvalue weighted by atomic mass is 10.1. The Hall–Kier alpha value is -1.37. The Labute approximate surface area is 132 Å². The van der Waals surface area contributed by atoms with Crippen LogP contribution in [-0.4, -0.2) is 5.91 Å². The third-order valence-corrected chi connectivity index (χ3v) is 4.13. The topological polar surface area (TPSA) is 64.4 Å². The Morgan fingerprint density at radius 1 is 1.15 bits per heavy atom. The minimum absolute atomic E-state index is 0.193. The molecule has 2 aromatic carbocycles. The molecule has 20 heavy (non-hydrogen) atoms. The van der Waals surface area contributed by atoms with Gasteiger partial charge in [0.15, 0.2) is 0 Å². The normalized spacial score (nSPS) is 16.8. The van der Waals surface area contributed by atoms with Gasteiger partial charge in [-0.3, -0.25) is 4.79 Å². The van der Waals surface area contributed by atoms with E-state index in [1.54, 1.807) is 18.2 Å². The minimum atomic E-state index is -0.599. The first-order valence-electron chi connectivity index (χ1n) is 5.88. The second-order valence-electron chi connectivity index (χ2n) is 4.39. The Morgan fingerprint density at radius 2 is 1.95 bits per heavy atom. The maximum atomic E-state index is 11.5. The van der Waals surface area contributed by atoms with Crippen LogP contribution in [0.1, 0.15) is 11.6 Å². The quantitative estimate of drug-likeness (QED) is 0.806. The van der Waals surface area contributed by atoms with Crippen LogP contribution in [0.4, 0.5) is 5.69 Å². The zero-order valence-electron chi connectivity index (χ0n) is 10.2. The van der Waals surface area contributed by atoms with Crippen LogP contribution in [0.25, 0.3) is 0 Å². The second kappa shape index (κ2) is 5.20. The number of hydrogen-bond donors (Lipinski definition) is 2. The number of hydrogen-bond acceptors (Lipinski definition) is 3. The summed E-state index contributed by atoms with van der Waals surface area (Å²) in [5.74, 6) is 1.14. The van der Waals surface area contributed by atoms with E-state index in [2.05, 4.69) is 37.2 Å². The molecule has 1 aliphatic heterocycles. The van der Waals surface area contributed by atoms with E-state index in [9.17, 15) is 4.79 Å². The largest absolute Gasteiger partial charge is 0.456 e. The van der Waals surface area contributed by atoms with Crippen LogP contribution in [0.15, 0.2) is 45.3 Å². The fourth-order valence-corrected chi connectivity index (χ4v) is 3.14. The highest BCUT2D eigenvalue weighted by Gasteiger charge is 2.27. The van der Waals surface area contributed by atoms with Crippen molar-refractivity contribution >= 4 is 43.5 Å². The molecule has 1 unspecified atom stereocenters. The summed E-state index contributed by atoms with van der Waals surface area (Å²) in [6.45, 7) is 0. The van der Waals surface area contributed by atoms with Gasteiger partial charge in [-0.25, -0.2) is 0 Å². The monoisotopic (exact) mass is 396 g/mol. The highest BCUT2D eigenvalue weighted by Crippen LogP contribution is 2.36. The summed E-state index contributed by atoms with van der Waals surface area (Å²) in [6.07, 6.45) is 0. The fraction of sp³-hybridized carbons (Fsp3) is 0.0714. The van der Waals surface area contributed by atoms with Gasteiger partial charge >= 0.3 is 0 Å². The van der Waals surface area contributed by atoms with Crippen molar-refractivity contribution in [2.75, 3.05) is 5.32 Å². The van der Waals surface area contributed by atoms with Crippen LogP contribution in [-0.2, 0) is 4.79 Å². The molecule has 0 saturated heterocycles. The van der Waals surface area contributed by atoms with Crippen molar-refractivity contribution in [2.24, 2.45) is 5.73 Å². The number of nitrogens with two attached hydrogens (primary N) is 1. The van der Waals surface area contributed by atoms with Gasteiger partial charge in [0.25, 0.3) is 0 Å². The maximum absolute atomic E-state index is 11.5. The highest BCUT2D eigenvalue weighted by molar-refractivity contribution is 9.11. The van der Waals surface area contributed by atoms with Gasteiger partial charge in [-0.1, -0.05) is 22.0 Å². The summed E-state index contributed by atoms with van der Waals surface area (Å²) in [7, 11) is 0. The molecular formula is C14H10Br2N2O2. The molecule has 102 valence electrons. The van der Waals surface area contributed by atoms with Gasteiger partial charge in [-0.05, 0) is 40.2 Å². The van der Waals surface area contributed by atoms with Crippen LogP contribution in [0.5, 0.6) is 11.5 Å². The number of carbonyl (C=O) groups is 1. The van der Waals surface area contributed by atoms with Gasteiger partial charge in [0.1, 0.15) is 17.5 Å². The standard InChI is InChI=1S/C14H10Br2N2O2/c15-7-1-4-12(10(16)5-7)20-8-2-3-9-11(6-8)18-14(19)13(9)17/h1-6,13H,17H2,(H,18,19). The van der Waals surface area contributed by atoms with Crippen molar-refractivity contribution in [1.82, 2.24) is 0 Å². The van der Waals surface area contributed by atoms with Gasteiger partial charge in [0.2, 0.25) is 5.91 Å². The second-order valence-corrected chi connectivity index (χ2v) is 6.16. The van der Waals surface area contributed by atoms with E-state index in [0.717, 1.165) is 14.5 Å². The summed E-state index contributed by atoms with van der Waals surface area (Å²) < 4.78 is 7.60. The van der Waals surface area contributed by atoms with Gasteiger partial charge in [0, 0.05) is 21.8 Å². The predicted molar refractivity (Wildman–Crippen MR) is 83.9 cm³/mol. The van der Waals surface area contributed by atoms with E-state index in [0.29, 0.717) is 17.2 Å². The summed E-state index contributed by atoms with van der Waals surface area (Å²) in [4.78, 5) is 11.5. The summed E-state index contributed by atoms with van der Waals surface area (Å²) >= 11 is 6.83. The highest BCUT2D eigenvalue weighted by atomic mass is 79.9. The average Bonchev–Trinajstić information content (AvgIpc) is 2.68. The van der Waals surface area contributed by atoms with Gasteiger partial charge in [-0.15, -0.1) is 0 Å². The fourth-order valence-electron chi connectivity index (χ4n) is 2.01. The number of fused-ring (bicyclic) bond motifs is 1. The molecule has 1 heterocycles. The molecule has 0 fully saturated rings. The van der Waals surface area contributed by atoms with Gasteiger partial charge < -0.3 is 15.8 Å². The Kier molecular flexibility index (Phi) is 3.54. The van der Waals surface area contributed by atoms with E-state index < -0.39 is 6.04 Å². The zero-order valence-corrected chi connectivity index (χ0v) is 13.4.